The molecule has 1 heterocycles. The van der Waals surface area contributed by atoms with Gasteiger partial charge in [-0.3, -0.25) is 9.69 Å². The number of carbonyl (C=O) groups is 1. The molecule has 0 aromatic rings. The predicted octanol–water partition coefficient (Wildman–Crippen LogP) is 2.66. The molecule has 0 amide bonds. The summed E-state index contributed by atoms with van der Waals surface area (Å²) in [6.45, 7) is 2.27. The Morgan fingerprint density at radius 3 is 2.55 bits per heavy atom. The second-order valence-corrected chi connectivity index (χ2v) is 7.00. The van der Waals surface area contributed by atoms with E-state index >= 15 is 0 Å². The highest BCUT2D eigenvalue weighted by molar-refractivity contribution is 5.67. The summed E-state index contributed by atoms with van der Waals surface area (Å²) >= 11 is 0. The van der Waals surface area contributed by atoms with Gasteiger partial charge in [-0.1, -0.05) is 12.8 Å². The summed E-state index contributed by atoms with van der Waals surface area (Å²) in [6.07, 6.45) is 11.2. The zero-order chi connectivity index (χ0) is 14.0. The Balaban J connectivity index is 1.59. The van der Waals surface area contributed by atoms with Gasteiger partial charge in [-0.05, 0) is 43.9 Å². The van der Waals surface area contributed by atoms with Gasteiger partial charge < -0.3 is 9.84 Å². The van der Waals surface area contributed by atoms with Gasteiger partial charge >= 0.3 is 5.97 Å². The first kappa shape index (κ1) is 14.3. The summed E-state index contributed by atoms with van der Waals surface area (Å²) in [4.78, 5) is 13.5. The zero-order valence-electron chi connectivity index (χ0n) is 12.4. The summed E-state index contributed by atoms with van der Waals surface area (Å²) in [5.74, 6) is -0.700. The lowest BCUT2D eigenvalue weighted by atomic mass is 9.71. The Morgan fingerprint density at radius 1 is 1.20 bits per heavy atom. The van der Waals surface area contributed by atoms with Gasteiger partial charge in [0.15, 0.2) is 0 Å². The van der Waals surface area contributed by atoms with Crippen molar-refractivity contribution >= 4 is 5.97 Å². The van der Waals surface area contributed by atoms with Crippen LogP contribution >= 0.6 is 0 Å². The highest BCUT2D eigenvalue weighted by Gasteiger charge is 2.40. The first-order chi connectivity index (χ1) is 9.69. The molecule has 0 aromatic carbocycles. The molecule has 3 fully saturated rings. The molecule has 1 N–H and O–H groups in total. The van der Waals surface area contributed by atoms with E-state index in [0.717, 1.165) is 13.2 Å². The van der Waals surface area contributed by atoms with Gasteiger partial charge in [-0.2, -0.15) is 0 Å². The average molecular weight is 281 g/mol. The molecule has 20 heavy (non-hydrogen) atoms. The van der Waals surface area contributed by atoms with Crippen molar-refractivity contribution in [3.8, 4) is 0 Å². The molecule has 1 unspecified atom stereocenters. The van der Waals surface area contributed by atoms with Gasteiger partial charge in [-0.15, -0.1) is 0 Å². The number of hydrogen-bond acceptors (Lipinski definition) is 3. The first-order valence-corrected chi connectivity index (χ1v) is 8.24. The van der Waals surface area contributed by atoms with Crippen LogP contribution in [0.15, 0.2) is 0 Å². The number of aliphatic carboxylic acids is 1. The van der Waals surface area contributed by atoms with Crippen LogP contribution in [0.2, 0.25) is 0 Å². The molecular weight excluding hydrogens is 254 g/mol. The molecule has 3 rings (SSSR count). The molecule has 2 aliphatic carbocycles. The van der Waals surface area contributed by atoms with E-state index in [1.807, 2.05) is 0 Å². The van der Waals surface area contributed by atoms with Crippen LogP contribution < -0.4 is 0 Å². The van der Waals surface area contributed by atoms with Gasteiger partial charge in [0, 0.05) is 18.6 Å². The third kappa shape index (κ3) is 3.01. The molecular formula is C16H27NO3. The second kappa shape index (κ2) is 6.02. The minimum atomic E-state index is -0.700. The topological polar surface area (TPSA) is 49.8 Å². The number of hydrogen-bond donors (Lipinski definition) is 1. The van der Waals surface area contributed by atoms with Crippen molar-refractivity contribution in [2.75, 3.05) is 19.8 Å². The third-order valence-corrected chi connectivity index (χ3v) is 5.83. The molecule has 1 saturated heterocycles. The maximum absolute atomic E-state index is 11.0. The maximum atomic E-state index is 11.0. The van der Waals surface area contributed by atoms with Crippen LogP contribution in [-0.2, 0) is 9.53 Å². The molecule has 4 nitrogen and oxygen atoms in total. The fourth-order valence-electron chi connectivity index (χ4n) is 4.70. The van der Waals surface area contributed by atoms with Gasteiger partial charge in [-0.25, -0.2) is 0 Å². The molecule has 0 bridgehead atoms. The fraction of sp³-hybridized carbons (Fsp3) is 0.938. The highest BCUT2D eigenvalue weighted by Crippen LogP contribution is 2.49. The molecule has 1 aliphatic heterocycles. The lowest BCUT2D eigenvalue weighted by Crippen LogP contribution is -2.53. The zero-order valence-corrected chi connectivity index (χ0v) is 12.4. The van der Waals surface area contributed by atoms with E-state index in [2.05, 4.69) is 4.90 Å². The van der Waals surface area contributed by atoms with E-state index in [4.69, 9.17) is 9.84 Å². The van der Waals surface area contributed by atoms with Gasteiger partial charge in [0.1, 0.15) is 0 Å². The number of carboxylic acid groups (broad SMARTS) is 1. The van der Waals surface area contributed by atoms with Gasteiger partial charge in [0.2, 0.25) is 0 Å². The number of nitrogens with zero attached hydrogens (tertiary/aromatic N) is 1. The smallest absolute Gasteiger partial charge is 0.305 e. The largest absolute Gasteiger partial charge is 0.481 e. The van der Waals surface area contributed by atoms with E-state index in [0.29, 0.717) is 18.1 Å². The standard InChI is InChI=1S/C16H27NO3/c18-15(19)11-14-12-20-10-9-17(14)13-3-7-16(8-4-13)5-1-2-6-16/h13-14H,1-12H2,(H,18,19). The Morgan fingerprint density at radius 2 is 1.90 bits per heavy atom. The maximum Gasteiger partial charge on any atom is 0.305 e. The van der Waals surface area contributed by atoms with Gasteiger partial charge in [0.25, 0.3) is 0 Å². The third-order valence-electron chi connectivity index (χ3n) is 5.83. The number of carboxylic acids is 1. The lowest BCUT2D eigenvalue weighted by molar-refractivity contribution is -0.141. The normalized spacial score (nSPS) is 31.7. The average Bonchev–Trinajstić information content (AvgIpc) is 2.88. The van der Waals surface area contributed by atoms with Crippen LogP contribution in [0.4, 0.5) is 0 Å². The van der Waals surface area contributed by atoms with E-state index in [1.54, 1.807) is 0 Å². The molecule has 3 aliphatic rings. The van der Waals surface area contributed by atoms with Crippen LogP contribution in [0.1, 0.15) is 57.8 Å². The van der Waals surface area contributed by atoms with Crippen molar-refractivity contribution in [2.45, 2.75) is 69.9 Å². The molecule has 4 heteroatoms. The van der Waals surface area contributed by atoms with Crippen LogP contribution in [0.3, 0.4) is 0 Å². The summed E-state index contributed by atoms with van der Waals surface area (Å²) < 4.78 is 5.49. The van der Waals surface area contributed by atoms with Crippen molar-refractivity contribution in [1.29, 1.82) is 0 Å². The van der Waals surface area contributed by atoms with Crippen molar-refractivity contribution < 1.29 is 14.6 Å². The number of rotatable bonds is 3. The minimum absolute atomic E-state index is 0.0869. The van der Waals surface area contributed by atoms with E-state index < -0.39 is 5.97 Å². The summed E-state index contributed by atoms with van der Waals surface area (Å²) in [5, 5.41) is 9.07. The molecule has 1 atom stereocenters. The number of morpholine rings is 1. The first-order valence-electron chi connectivity index (χ1n) is 8.24. The SMILES string of the molecule is O=C(O)CC1COCCN1C1CCC2(CCCC2)CC1. The Bertz CT molecular complexity index is 342. The van der Waals surface area contributed by atoms with Crippen molar-refractivity contribution in [2.24, 2.45) is 5.41 Å². The van der Waals surface area contributed by atoms with E-state index in [9.17, 15) is 4.79 Å². The van der Waals surface area contributed by atoms with Crippen molar-refractivity contribution in [3.05, 3.63) is 0 Å². The monoisotopic (exact) mass is 281 g/mol. The van der Waals surface area contributed by atoms with Crippen LogP contribution in [0.25, 0.3) is 0 Å². The Hall–Kier alpha value is -0.610. The molecule has 0 radical (unpaired) electrons. The minimum Gasteiger partial charge on any atom is -0.481 e. The van der Waals surface area contributed by atoms with E-state index in [1.165, 1.54) is 51.4 Å². The molecule has 114 valence electrons. The fourth-order valence-corrected chi connectivity index (χ4v) is 4.70. The van der Waals surface area contributed by atoms with E-state index in [-0.39, 0.29) is 12.5 Å². The summed E-state index contributed by atoms with van der Waals surface area (Å²) in [6, 6.07) is 0.679. The van der Waals surface area contributed by atoms with Crippen LogP contribution in [-0.4, -0.2) is 47.8 Å². The summed E-state index contributed by atoms with van der Waals surface area (Å²) in [5.41, 5.74) is 0.658. The Kier molecular flexibility index (Phi) is 4.32. The summed E-state index contributed by atoms with van der Waals surface area (Å²) in [7, 11) is 0. The van der Waals surface area contributed by atoms with Crippen LogP contribution in [0, 0.1) is 5.41 Å². The number of ether oxygens (including phenoxy) is 1. The van der Waals surface area contributed by atoms with Gasteiger partial charge in [0.05, 0.1) is 19.6 Å². The molecule has 2 saturated carbocycles. The second-order valence-electron chi connectivity index (χ2n) is 7.00. The van der Waals surface area contributed by atoms with Crippen LogP contribution in [0.5, 0.6) is 0 Å². The van der Waals surface area contributed by atoms with Crippen molar-refractivity contribution in [1.82, 2.24) is 4.90 Å². The highest BCUT2D eigenvalue weighted by atomic mass is 16.5. The van der Waals surface area contributed by atoms with Crippen molar-refractivity contribution in [3.63, 3.8) is 0 Å². The molecule has 0 aromatic heterocycles. The predicted molar refractivity (Wildman–Crippen MR) is 76.7 cm³/mol. The molecule has 1 spiro atoms. The quantitative estimate of drug-likeness (QED) is 0.864. The lowest BCUT2D eigenvalue weighted by Gasteiger charge is -2.46. The Labute approximate surface area is 121 Å².